The first kappa shape index (κ1) is 14.7. The first-order valence-electron chi connectivity index (χ1n) is 6.86. The zero-order valence-corrected chi connectivity index (χ0v) is 11.9. The number of rotatable bonds is 6. The molecule has 108 valence electrons. The zero-order valence-electron chi connectivity index (χ0n) is 11.9. The molecule has 4 nitrogen and oxygen atoms in total. The fraction of sp³-hybridized carbons (Fsp3) is 0.467. The van der Waals surface area contributed by atoms with E-state index in [1.807, 2.05) is 4.68 Å². The predicted octanol–water partition coefficient (Wildman–Crippen LogP) is 2.55. The highest BCUT2D eigenvalue weighted by atomic mass is 19.1. The van der Waals surface area contributed by atoms with E-state index in [1.165, 1.54) is 12.1 Å². The Labute approximate surface area is 118 Å². The van der Waals surface area contributed by atoms with Gasteiger partial charge in [0.1, 0.15) is 11.5 Å². The predicted molar refractivity (Wildman–Crippen MR) is 74.6 cm³/mol. The molecule has 0 aliphatic rings. The summed E-state index contributed by atoms with van der Waals surface area (Å²) in [7, 11) is 0. The molecule has 2 aromatic rings. The summed E-state index contributed by atoms with van der Waals surface area (Å²) in [6.45, 7) is 4.96. The summed E-state index contributed by atoms with van der Waals surface area (Å²) in [6.07, 6.45) is 1.60. The van der Waals surface area contributed by atoms with Gasteiger partial charge in [0.05, 0.1) is 12.3 Å². The molecule has 5 heteroatoms. The molecule has 1 aromatic heterocycles. The monoisotopic (exact) mass is 277 g/mol. The molecule has 2 rings (SSSR count). The van der Waals surface area contributed by atoms with Crippen molar-refractivity contribution in [3.8, 4) is 0 Å². The topological polar surface area (TPSA) is 50.9 Å². The molecule has 0 bridgehead atoms. The van der Waals surface area contributed by atoms with Crippen molar-refractivity contribution in [1.29, 1.82) is 0 Å². The lowest BCUT2D eigenvalue weighted by atomic mass is 10.1. The van der Waals surface area contributed by atoms with Crippen LogP contribution in [0, 0.1) is 11.7 Å². The Morgan fingerprint density at radius 3 is 2.55 bits per heavy atom. The molecule has 0 radical (unpaired) electrons. The SMILES string of the molecule is CC(C)CCn1nnc(CO)c1Cc1ccc(F)cc1. The second kappa shape index (κ2) is 6.61. The van der Waals surface area contributed by atoms with Crippen LogP contribution in [0.4, 0.5) is 4.39 Å². The quantitative estimate of drug-likeness (QED) is 0.882. The van der Waals surface area contributed by atoms with E-state index in [1.54, 1.807) is 12.1 Å². The van der Waals surface area contributed by atoms with Crippen molar-refractivity contribution in [2.75, 3.05) is 0 Å². The van der Waals surface area contributed by atoms with Crippen LogP contribution < -0.4 is 0 Å². The molecule has 0 fully saturated rings. The van der Waals surface area contributed by atoms with Gasteiger partial charge in [-0.05, 0) is 30.0 Å². The van der Waals surface area contributed by atoms with E-state index in [4.69, 9.17) is 0 Å². The van der Waals surface area contributed by atoms with Crippen molar-refractivity contribution in [2.24, 2.45) is 5.92 Å². The van der Waals surface area contributed by atoms with E-state index in [9.17, 15) is 9.50 Å². The van der Waals surface area contributed by atoms with Gasteiger partial charge in [-0.2, -0.15) is 0 Å². The molecule has 0 amide bonds. The fourth-order valence-electron chi connectivity index (χ4n) is 2.04. The van der Waals surface area contributed by atoms with Crippen molar-refractivity contribution in [2.45, 2.75) is 39.8 Å². The maximum absolute atomic E-state index is 12.9. The van der Waals surface area contributed by atoms with Crippen molar-refractivity contribution in [3.05, 3.63) is 47.0 Å². The maximum atomic E-state index is 12.9. The van der Waals surface area contributed by atoms with Gasteiger partial charge in [0.2, 0.25) is 0 Å². The maximum Gasteiger partial charge on any atom is 0.123 e. The Hall–Kier alpha value is -1.75. The number of hydrogen-bond acceptors (Lipinski definition) is 3. The molecule has 0 saturated heterocycles. The average Bonchev–Trinajstić information content (AvgIpc) is 2.81. The molecular weight excluding hydrogens is 257 g/mol. The van der Waals surface area contributed by atoms with Crippen LogP contribution in [0.15, 0.2) is 24.3 Å². The van der Waals surface area contributed by atoms with E-state index in [0.717, 1.165) is 24.2 Å². The Kier molecular flexibility index (Phi) is 4.84. The van der Waals surface area contributed by atoms with Crippen LogP contribution >= 0.6 is 0 Å². The second-order valence-electron chi connectivity index (χ2n) is 5.35. The van der Waals surface area contributed by atoms with Gasteiger partial charge in [0.15, 0.2) is 0 Å². The van der Waals surface area contributed by atoms with E-state index in [-0.39, 0.29) is 12.4 Å². The van der Waals surface area contributed by atoms with Crippen molar-refractivity contribution in [3.63, 3.8) is 0 Å². The summed E-state index contributed by atoms with van der Waals surface area (Å²) in [5, 5.41) is 17.5. The second-order valence-corrected chi connectivity index (χ2v) is 5.35. The van der Waals surface area contributed by atoms with Crippen LogP contribution in [0.25, 0.3) is 0 Å². The van der Waals surface area contributed by atoms with Crippen LogP contribution in [-0.4, -0.2) is 20.1 Å². The Morgan fingerprint density at radius 1 is 1.25 bits per heavy atom. The number of nitrogens with zero attached hydrogens (tertiary/aromatic N) is 3. The Balaban J connectivity index is 2.19. The molecule has 1 aromatic carbocycles. The first-order chi connectivity index (χ1) is 9.60. The third-order valence-electron chi connectivity index (χ3n) is 3.27. The average molecular weight is 277 g/mol. The molecule has 20 heavy (non-hydrogen) atoms. The van der Waals surface area contributed by atoms with E-state index < -0.39 is 0 Å². The minimum atomic E-state index is -0.248. The minimum absolute atomic E-state index is 0.127. The first-order valence-corrected chi connectivity index (χ1v) is 6.86. The number of hydrogen-bond donors (Lipinski definition) is 1. The highest BCUT2D eigenvalue weighted by Gasteiger charge is 2.13. The summed E-state index contributed by atoms with van der Waals surface area (Å²) in [6, 6.07) is 6.37. The fourth-order valence-corrected chi connectivity index (χ4v) is 2.04. The van der Waals surface area contributed by atoms with Crippen molar-refractivity contribution >= 4 is 0 Å². The molecule has 1 N–H and O–H groups in total. The molecule has 0 unspecified atom stereocenters. The van der Waals surface area contributed by atoms with Gasteiger partial charge in [0.25, 0.3) is 0 Å². The normalized spacial score (nSPS) is 11.2. The number of aliphatic hydroxyl groups is 1. The highest BCUT2D eigenvalue weighted by molar-refractivity contribution is 5.24. The molecule has 0 aliphatic carbocycles. The van der Waals surface area contributed by atoms with Crippen LogP contribution in [-0.2, 0) is 19.6 Å². The lowest BCUT2D eigenvalue weighted by Crippen LogP contribution is -2.09. The van der Waals surface area contributed by atoms with Gasteiger partial charge < -0.3 is 5.11 Å². The summed E-state index contributed by atoms with van der Waals surface area (Å²) < 4.78 is 14.8. The van der Waals surface area contributed by atoms with Crippen LogP contribution in [0.3, 0.4) is 0 Å². The molecule has 0 atom stereocenters. The lowest BCUT2D eigenvalue weighted by molar-refractivity contribution is 0.275. The molecular formula is C15H20FN3O. The van der Waals surface area contributed by atoms with Crippen molar-refractivity contribution < 1.29 is 9.50 Å². The number of aliphatic hydroxyl groups excluding tert-OH is 1. The molecule has 0 saturated carbocycles. The highest BCUT2D eigenvalue weighted by Crippen LogP contribution is 2.15. The Bertz CT molecular complexity index is 549. The zero-order chi connectivity index (χ0) is 14.5. The molecule has 0 spiro atoms. The third-order valence-corrected chi connectivity index (χ3v) is 3.27. The number of aromatic nitrogens is 3. The van der Waals surface area contributed by atoms with Crippen LogP contribution in [0.1, 0.15) is 37.2 Å². The van der Waals surface area contributed by atoms with Gasteiger partial charge in [-0.1, -0.05) is 31.2 Å². The molecule has 0 aliphatic heterocycles. The minimum Gasteiger partial charge on any atom is -0.390 e. The summed E-state index contributed by atoms with van der Waals surface area (Å²) in [5.74, 6) is 0.331. The lowest BCUT2D eigenvalue weighted by Gasteiger charge is -2.09. The third kappa shape index (κ3) is 3.63. The number of aryl methyl sites for hydroxylation is 1. The summed E-state index contributed by atoms with van der Waals surface area (Å²) in [5.41, 5.74) is 2.48. The summed E-state index contributed by atoms with van der Waals surface area (Å²) >= 11 is 0. The van der Waals surface area contributed by atoms with Gasteiger partial charge >= 0.3 is 0 Å². The van der Waals surface area contributed by atoms with Crippen LogP contribution in [0.2, 0.25) is 0 Å². The summed E-state index contributed by atoms with van der Waals surface area (Å²) in [4.78, 5) is 0. The van der Waals surface area contributed by atoms with Gasteiger partial charge in [-0.3, -0.25) is 0 Å². The van der Waals surface area contributed by atoms with E-state index >= 15 is 0 Å². The van der Waals surface area contributed by atoms with Gasteiger partial charge in [0, 0.05) is 13.0 Å². The smallest absolute Gasteiger partial charge is 0.123 e. The van der Waals surface area contributed by atoms with Crippen LogP contribution in [0.5, 0.6) is 0 Å². The van der Waals surface area contributed by atoms with Crippen molar-refractivity contribution in [1.82, 2.24) is 15.0 Å². The number of benzene rings is 1. The Morgan fingerprint density at radius 2 is 1.95 bits per heavy atom. The largest absolute Gasteiger partial charge is 0.390 e. The molecule has 1 heterocycles. The van der Waals surface area contributed by atoms with E-state index in [0.29, 0.717) is 18.0 Å². The number of halogens is 1. The van der Waals surface area contributed by atoms with Gasteiger partial charge in [-0.25, -0.2) is 9.07 Å². The standard InChI is InChI=1S/C15H20FN3O/c1-11(2)7-8-19-15(14(10-20)17-18-19)9-12-3-5-13(16)6-4-12/h3-6,11,20H,7-10H2,1-2H3. The van der Waals surface area contributed by atoms with E-state index in [2.05, 4.69) is 24.2 Å². The van der Waals surface area contributed by atoms with Gasteiger partial charge in [-0.15, -0.1) is 5.10 Å².